The van der Waals surface area contributed by atoms with Gasteiger partial charge in [-0.1, -0.05) is 12.1 Å². The maximum atomic E-state index is 12.7. The SMILES string of the molecule is O=C(CO[C@H]1C[C@@H](OC(F)(F)F)C1)NC12CC(n3cnc(-c4ccc(C(F)(F)F)cc4)c3)(C1)C2. The molecule has 34 heavy (non-hydrogen) atoms. The fourth-order valence-corrected chi connectivity index (χ4v) is 5.17. The van der Waals surface area contributed by atoms with Crippen LogP contribution < -0.4 is 5.32 Å². The molecule has 4 aliphatic carbocycles. The van der Waals surface area contributed by atoms with Gasteiger partial charge in [0.2, 0.25) is 5.91 Å². The standard InChI is InChI=1S/C22H21F6N3O3/c23-21(24,25)14-3-1-13(2-4-14)17-7-31(12-29-17)20-9-19(10-20,11-20)30-18(32)8-33-15-5-16(6-15)34-22(26,27)28/h1-4,7,12,15-16H,5-6,8-11H2,(H,30,32)/t15-,16+,19?,20?. The highest BCUT2D eigenvalue weighted by Gasteiger charge is 2.69. The van der Waals surface area contributed by atoms with Crippen LogP contribution in [-0.2, 0) is 26.0 Å². The van der Waals surface area contributed by atoms with Crippen LogP contribution in [0.25, 0.3) is 11.3 Å². The van der Waals surface area contributed by atoms with E-state index in [-0.39, 0.29) is 36.4 Å². The Bertz CT molecular complexity index is 1050. The van der Waals surface area contributed by atoms with Gasteiger partial charge in [0.15, 0.2) is 0 Å². The molecule has 4 fully saturated rings. The van der Waals surface area contributed by atoms with E-state index >= 15 is 0 Å². The van der Waals surface area contributed by atoms with E-state index in [0.29, 0.717) is 30.5 Å². The number of imidazole rings is 1. The normalized spacial score (nSPS) is 30.2. The zero-order valence-electron chi connectivity index (χ0n) is 17.7. The fourth-order valence-electron chi connectivity index (χ4n) is 5.17. The Kier molecular flexibility index (Phi) is 5.25. The predicted molar refractivity (Wildman–Crippen MR) is 105 cm³/mol. The molecule has 1 amide bonds. The van der Waals surface area contributed by atoms with Gasteiger partial charge in [-0.2, -0.15) is 13.2 Å². The molecule has 6 rings (SSSR count). The highest BCUT2D eigenvalue weighted by molar-refractivity contribution is 5.79. The summed E-state index contributed by atoms with van der Waals surface area (Å²) in [5.41, 5.74) is -0.0819. The number of nitrogens with one attached hydrogen (secondary N) is 1. The molecule has 1 aromatic heterocycles. The van der Waals surface area contributed by atoms with Crippen LogP contribution in [0, 0.1) is 0 Å². The number of ether oxygens (including phenoxy) is 2. The maximum Gasteiger partial charge on any atom is 0.522 e. The highest BCUT2D eigenvalue weighted by Crippen LogP contribution is 2.65. The van der Waals surface area contributed by atoms with Gasteiger partial charge in [0.25, 0.3) is 0 Å². The first-order valence-electron chi connectivity index (χ1n) is 10.7. The van der Waals surface area contributed by atoms with E-state index in [1.807, 2.05) is 4.57 Å². The van der Waals surface area contributed by atoms with Crippen LogP contribution in [0.1, 0.15) is 37.7 Å². The van der Waals surface area contributed by atoms with Gasteiger partial charge < -0.3 is 14.6 Å². The van der Waals surface area contributed by atoms with Crippen molar-refractivity contribution in [3.63, 3.8) is 0 Å². The summed E-state index contributed by atoms with van der Waals surface area (Å²) in [6.45, 7) is -0.221. The Labute approximate surface area is 190 Å². The van der Waals surface area contributed by atoms with E-state index in [9.17, 15) is 31.1 Å². The lowest BCUT2D eigenvalue weighted by Crippen LogP contribution is -2.78. The number of alkyl halides is 6. The van der Waals surface area contributed by atoms with E-state index in [1.165, 1.54) is 12.1 Å². The topological polar surface area (TPSA) is 65.4 Å². The van der Waals surface area contributed by atoms with E-state index in [0.717, 1.165) is 12.1 Å². The van der Waals surface area contributed by atoms with Crippen molar-refractivity contribution < 1.29 is 40.6 Å². The maximum absolute atomic E-state index is 12.7. The molecule has 0 unspecified atom stereocenters. The zero-order valence-corrected chi connectivity index (χ0v) is 17.7. The minimum absolute atomic E-state index is 0.100. The Morgan fingerprint density at radius 3 is 2.29 bits per heavy atom. The molecule has 0 spiro atoms. The minimum atomic E-state index is -4.67. The smallest absolute Gasteiger partial charge is 0.368 e. The lowest BCUT2D eigenvalue weighted by Gasteiger charge is -2.70. The van der Waals surface area contributed by atoms with Gasteiger partial charge in [-0.15, -0.1) is 13.2 Å². The van der Waals surface area contributed by atoms with Crippen molar-refractivity contribution in [3.8, 4) is 11.3 Å². The summed E-state index contributed by atoms with van der Waals surface area (Å²) in [5, 5.41) is 2.95. The zero-order chi connectivity index (χ0) is 24.4. The van der Waals surface area contributed by atoms with Gasteiger partial charge in [-0.25, -0.2) is 4.98 Å². The number of carbonyl (C=O) groups is 1. The molecule has 12 heteroatoms. The molecular formula is C22H21F6N3O3. The second-order valence-electron chi connectivity index (χ2n) is 9.41. The summed E-state index contributed by atoms with van der Waals surface area (Å²) in [6, 6.07) is 4.82. The van der Waals surface area contributed by atoms with Gasteiger partial charge in [0, 0.05) is 30.1 Å². The van der Waals surface area contributed by atoms with Crippen molar-refractivity contribution in [3.05, 3.63) is 42.4 Å². The predicted octanol–water partition coefficient (Wildman–Crippen LogP) is 4.40. The number of hydrogen-bond acceptors (Lipinski definition) is 4. The Hall–Kier alpha value is -2.60. The molecule has 6 nitrogen and oxygen atoms in total. The molecule has 0 saturated heterocycles. The van der Waals surface area contributed by atoms with Crippen LogP contribution in [0.4, 0.5) is 26.3 Å². The summed E-state index contributed by atoms with van der Waals surface area (Å²) in [6.07, 6.45) is -4.68. The third-order valence-corrected chi connectivity index (χ3v) is 6.85. The van der Waals surface area contributed by atoms with Crippen molar-refractivity contribution in [2.45, 2.75) is 67.9 Å². The number of rotatable bonds is 7. The molecule has 0 atom stereocenters. The average molecular weight is 489 g/mol. The Morgan fingerprint density at radius 2 is 1.71 bits per heavy atom. The monoisotopic (exact) mass is 489 g/mol. The van der Waals surface area contributed by atoms with Crippen molar-refractivity contribution in [2.24, 2.45) is 0 Å². The largest absolute Gasteiger partial charge is 0.522 e. The number of carbonyl (C=O) groups excluding carboxylic acids is 1. The number of hydrogen-bond donors (Lipinski definition) is 1. The molecule has 4 saturated carbocycles. The number of amides is 1. The number of benzene rings is 1. The minimum Gasteiger partial charge on any atom is -0.368 e. The fraction of sp³-hybridized carbons (Fsp3) is 0.545. The first-order valence-corrected chi connectivity index (χ1v) is 10.7. The van der Waals surface area contributed by atoms with Crippen LogP contribution >= 0.6 is 0 Å². The third-order valence-electron chi connectivity index (χ3n) is 6.85. The van der Waals surface area contributed by atoms with Crippen LogP contribution in [0.2, 0.25) is 0 Å². The Morgan fingerprint density at radius 1 is 1.06 bits per heavy atom. The van der Waals surface area contributed by atoms with Crippen LogP contribution in [-0.4, -0.2) is 46.2 Å². The van der Waals surface area contributed by atoms with Gasteiger partial charge in [0.1, 0.15) is 6.61 Å². The molecule has 1 N–H and O–H groups in total. The second kappa shape index (κ2) is 7.70. The van der Waals surface area contributed by atoms with Crippen LogP contribution in [0.3, 0.4) is 0 Å². The third kappa shape index (κ3) is 4.40. The summed E-state index contributed by atoms with van der Waals surface area (Å²) in [5.74, 6) is -0.315. The molecule has 1 heterocycles. The van der Waals surface area contributed by atoms with Gasteiger partial charge in [-0.05, 0) is 31.4 Å². The quantitative estimate of drug-likeness (QED) is 0.586. The molecule has 1 aromatic carbocycles. The molecule has 4 aliphatic rings. The van der Waals surface area contributed by atoms with Crippen molar-refractivity contribution in [1.82, 2.24) is 14.9 Å². The van der Waals surface area contributed by atoms with Crippen LogP contribution in [0.15, 0.2) is 36.8 Å². The van der Waals surface area contributed by atoms with Gasteiger partial charge >= 0.3 is 12.5 Å². The molecular weight excluding hydrogens is 468 g/mol. The van der Waals surface area contributed by atoms with Gasteiger partial charge in [0.05, 0.1) is 35.3 Å². The summed E-state index contributed by atoms with van der Waals surface area (Å²) in [7, 11) is 0. The first-order chi connectivity index (χ1) is 15.8. The lowest BCUT2D eigenvalue weighted by molar-refractivity contribution is -0.357. The van der Waals surface area contributed by atoms with E-state index in [1.54, 1.807) is 12.5 Å². The molecule has 0 radical (unpaired) electrons. The Balaban J connectivity index is 1.08. The van der Waals surface area contributed by atoms with Crippen molar-refractivity contribution in [2.75, 3.05) is 6.61 Å². The van der Waals surface area contributed by atoms with Crippen LogP contribution in [0.5, 0.6) is 0 Å². The highest BCUT2D eigenvalue weighted by atomic mass is 19.4. The van der Waals surface area contributed by atoms with E-state index in [4.69, 9.17) is 4.74 Å². The summed E-state index contributed by atoms with van der Waals surface area (Å²) >= 11 is 0. The lowest BCUT2D eigenvalue weighted by atomic mass is 9.44. The summed E-state index contributed by atoms with van der Waals surface area (Å²) in [4.78, 5) is 16.5. The van der Waals surface area contributed by atoms with Gasteiger partial charge in [-0.3, -0.25) is 9.53 Å². The van der Waals surface area contributed by atoms with E-state index in [2.05, 4.69) is 15.0 Å². The molecule has 2 aromatic rings. The number of aromatic nitrogens is 2. The van der Waals surface area contributed by atoms with E-state index < -0.39 is 30.3 Å². The molecule has 0 aliphatic heterocycles. The van der Waals surface area contributed by atoms with Crippen molar-refractivity contribution >= 4 is 5.91 Å². The number of nitrogens with zero attached hydrogens (tertiary/aromatic N) is 2. The molecule has 2 bridgehead atoms. The van der Waals surface area contributed by atoms with Crippen molar-refractivity contribution in [1.29, 1.82) is 0 Å². The molecule has 184 valence electrons. The number of halogens is 6. The second-order valence-corrected chi connectivity index (χ2v) is 9.41. The average Bonchev–Trinajstić information content (AvgIpc) is 3.13. The summed E-state index contributed by atoms with van der Waals surface area (Å²) < 4.78 is 85.8. The first kappa shape index (κ1) is 23.2.